The molecule has 3 aliphatic rings. The maximum Gasteiger partial charge on any atom is 0.135 e. The number of anilines is 2. The first kappa shape index (κ1) is 75.1. The highest BCUT2D eigenvalue weighted by Gasteiger charge is 2.48. The summed E-state index contributed by atoms with van der Waals surface area (Å²) in [5, 5.41) is 16.8. The predicted molar refractivity (Wildman–Crippen MR) is 538 cm³/mol. The van der Waals surface area contributed by atoms with Crippen LogP contribution in [0.5, 0.6) is 0 Å². The normalized spacial score (nSPS) is 13.9. The molecule has 0 radical (unpaired) electrons. The van der Waals surface area contributed by atoms with Gasteiger partial charge >= 0.3 is 0 Å². The molecule has 604 valence electrons. The largest absolute Gasteiger partial charge is 0.456 e. The number of rotatable bonds is 15. The van der Waals surface area contributed by atoms with Gasteiger partial charge in [-0.1, -0.05) is 340 Å². The quantitative estimate of drug-likeness (QED) is 0.0794. The van der Waals surface area contributed by atoms with Crippen LogP contribution in [0, 0.1) is 5.41 Å². The molecule has 0 atom stereocenters. The zero-order chi connectivity index (χ0) is 85.4. The van der Waals surface area contributed by atoms with Crippen LogP contribution in [0.15, 0.2) is 480 Å². The number of hydrogen-bond acceptors (Lipinski definition) is 6. The summed E-state index contributed by atoms with van der Waals surface area (Å²) in [6, 6.07) is 164. The summed E-state index contributed by atoms with van der Waals surface area (Å²) in [6.45, 7) is 0. The molecule has 19 aromatic carbocycles. The molecule has 25 rings (SSSR count). The van der Waals surface area contributed by atoms with E-state index < -0.39 is 10.8 Å². The summed E-state index contributed by atoms with van der Waals surface area (Å²) in [4.78, 5) is 2.18. The fourth-order valence-corrected chi connectivity index (χ4v) is 21.6. The highest BCUT2D eigenvalue weighted by Crippen LogP contribution is 2.59. The third kappa shape index (κ3) is 12.0. The number of aromatic nitrogens is 1. The molecule has 22 aromatic rings. The summed E-state index contributed by atoms with van der Waals surface area (Å²) in [7, 11) is 0. The van der Waals surface area contributed by atoms with Gasteiger partial charge in [0.1, 0.15) is 28.0 Å². The first-order chi connectivity index (χ1) is 63.8. The summed E-state index contributed by atoms with van der Waals surface area (Å²) >= 11 is 4.73. The zero-order valence-electron chi connectivity index (χ0n) is 70.0. The van der Waals surface area contributed by atoms with Gasteiger partial charge in [0.2, 0.25) is 0 Å². The number of allylic oxidation sites excluding steroid dienone is 4. The molecule has 3 heterocycles. The molecule has 1 N–H and O–H groups in total. The highest BCUT2D eigenvalue weighted by molar-refractivity contribution is 7.79. The minimum absolute atomic E-state index is 0.255. The molecule has 6 nitrogen and oxygen atoms in total. The molecule has 0 aliphatic heterocycles. The van der Waals surface area contributed by atoms with Gasteiger partial charge in [0, 0.05) is 55.0 Å². The second kappa shape index (κ2) is 30.2. The first-order valence-corrected chi connectivity index (χ1v) is 44.4. The van der Waals surface area contributed by atoms with Crippen LogP contribution in [-0.2, 0) is 10.8 Å². The van der Waals surface area contributed by atoms with Gasteiger partial charge in [-0.05, 0) is 273 Å². The third-order valence-electron chi connectivity index (χ3n) is 27.4. The number of hydrogen-bond donors (Lipinski definition) is 2. The van der Waals surface area contributed by atoms with Gasteiger partial charge in [-0.3, -0.25) is 5.41 Å². The van der Waals surface area contributed by atoms with Crippen LogP contribution in [0.1, 0.15) is 50.1 Å². The molecular formula is C122H78N4O2S. The van der Waals surface area contributed by atoms with Gasteiger partial charge in [0.15, 0.2) is 0 Å². The number of thiol groups is 1. The fraction of sp³-hybridized carbons (Fsp3) is 0.0164. The van der Waals surface area contributed by atoms with Crippen molar-refractivity contribution in [2.24, 2.45) is 4.40 Å². The smallest absolute Gasteiger partial charge is 0.135 e. The summed E-state index contributed by atoms with van der Waals surface area (Å²) in [6.07, 6.45) is 4.14. The Hall–Kier alpha value is -16.5. The first-order valence-electron chi connectivity index (χ1n) is 44.0. The maximum atomic E-state index is 10.2. The molecule has 129 heavy (non-hydrogen) atoms. The van der Waals surface area contributed by atoms with Crippen molar-refractivity contribution in [2.45, 2.75) is 10.8 Å². The lowest BCUT2D eigenvalue weighted by atomic mass is 9.67. The number of para-hydroxylation sites is 2. The van der Waals surface area contributed by atoms with E-state index in [1.165, 1.54) is 77.9 Å². The SMILES string of the molecule is N=C1C(c2ccc(-n3c4ccc(-c5ccc(-c6ccc7c(c6)C(c6ccccc6)(c6ccccc6)c6ccccc6-7)cc5)cc4c4cc(-c5ccc(-c6ccc7c(c6)C(c6ccccc6)(c6ccccc6)c6ccccc6-7)cc5)ccc43)cc2)=CC=C(N(c2ccc(-c3ccc4oc5ccccc5c4c3)cc2)c2ccc(-c3ccc4oc5ccccc5c4c3)cc2)/C1=N/S. The Balaban J connectivity index is 0.580. The Morgan fingerprint density at radius 3 is 0.969 bits per heavy atom. The topological polar surface area (TPSA) is 70.7 Å². The maximum absolute atomic E-state index is 10.2. The zero-order valence-corrected chi connectivity index (χ0v) is 70.9. The van der Waals surface area contributed by atoms with Gasteiger partial charge in [-0.25, -0.2) is 4.40 Å². The summed E-state index contributed by atoms with van der Waals surface area (Å²) in [5.74, 6) is 0. The molecule has 0 saturated heterocycles. The summed E-state index contributed by atoms with van der Waals surface area (Å²) in [5.41, 5.74) is 39.0. The Labute approximate surface area is 752 Å². The Bertz CT molecular complexity index is 7870. The number of nitrogens with zero attached hydrogens (tertiary/aromatic N) is 3. The van der Waals surface area contributed by atoms with Crippen molar-refractivity contribution in [2.75, 3.05) is 4.90 Å². The minimum Gasteiger partial charge on any atom is -0.456 e. The van der Waals surface area contributed by atoms with Crippen LogP contribution < -0.4 is 4.90 Å². The predicted octanol–water partition coefficient (Wildman–Crippen LogP) is 31.7. The average Bonchev–Trinajstić information content (AvgIpc) is 1.54. The molecule has 0 spiro atoms. The molecule has 3 aromatic heterocycles. The van der Waals surface area contributed by atoms with E-state index in [0.717, 1.165) is 150 Å². The van der Waals surface area contributed by atoms with E-state index in [1.54, 1.807) is 0 Å². The van der Waals surface area contributed by atoms with Crippen LogP contribution in [-0.4, -0.2) is 16.0 Å². The second-order valence-electron chi connectivity index (χ2n) is 34.1. The van der Waals surface area contributed by atoms with E-state index in [-0.39, 0.29) is 5.71 Å². The Kier molecular flexibility index (Phi) is 17.6. The van der Waals surface area contributed by atoms with Gasteiger partial charge in [-0.2, -0.15) is 0 Å². The lowest BCUT2D eigenvalue weighted by Gasteiger charge is -2.34. The monoisotopic (exact) mass is 1660 g/mol. The van der Waals surface area contributed by atoms with Crippen LogP contribution in [0.3, 0.4) is 0 Å². The summed E-state index contributed by atoms with van der Waals surface area (Å²) < 4.78 is 19.6. The van der Waals surface area contributed by atoms with Gasteiger partial charge in [0.05, 0.1) is 33.3 Å². The van der Waals surface area contributed by atoms with Crippen LogP contribution >= 0.6 is 12.8 Å². The minimum atomic E-state index is -0.505. The lowest BCUT2D eigenvalue weighted by molar-refractivity contribution is 0.668. The van der Waals surface area contributed by atoms with E-state index in [9.17, 15) is 5.41 Å². The molecule has 3 aliphatic carbocycles. The Morgan fingerprint density at radius 1 is 0.256 bits per heavy atom. The number of nitrogens with one attached hydrogen (secondary N) is 1. The molecular weight excluding hydrogens is 1590 g/mol. The standard InChI is InChI=1S/C122H78N4O2S/c123-119-97(65-68-114(120(119)124-129)125(94-57-45-81(46-58-94)86-55-69-117-106(73-86)102-31-15-19-35-115(102)127-117)95-59-47-82(48-60-95)87-56-70-118-107(74-87)103-32-16-20-36-116(103)128-118)83-49-61-96(62-50-83)126-112-66-53-84(77-37-41-79(42-38-77)88-51-63-100-98-29-13-17-33-108(98)121(110(100)75-88,90-21-5-1-6-22-90)91-23-7-2-8-24-91)71-104(112)105-72-85(54-67-113(105)126)78-39-43-80(44-40-78)89-52-64-101-99-30-14-18-34-109(99)122(111(101)76-89,92-25-9-3-10-26-92)93-27-11-4-12-28-93/h1-76,123,129H/b123-119?,124-120-. The Morgan fingerprint density at radius 2 is 0.566 bits per heavy atom. The molecule has 0 bridgehead atoms. The molecule has 0 saturated carbocycles. The van der Waals surface area contributed by atoms with E-state index in [2.05, 4.69) is 446 Å². The van der Waals surface area contributed by atoms with Crippen molar-refractivity contribution in [1.29, 1.82) is 5.41 Å². The fourth-order valence-electron chi connectivity index (χ4n) is 21.4. The van der Waals surface area contributed by atoms with E-state index >= 15 is 0 Å². The van der Waals surface area contributed by atoms with Gasteiger partial charge < -0.3 is 18.3 Å². The molecule has 0 amide bonds. The highest BCUT2D eigenvalue weighted by atomic mass is 32.1. The molecule has 7 heteroatoms. The average molecular weight is 1660 g/mol. The molecule has 0 unspecified atom stereocenters. The number of fused-ring (bicyclic) bond motifs is 15. The van der Waals surface area contributed by atoms with Crippen molar-refractivity contribution in [1.82, 2.24) is 4.57 Å². The lowest BCUT2D eigenvalue weighted by Crippen LogP contribution is -2.30. The van der Waals surface area contributed by atoms with Gasteiger partial charge in [-0.15, -0.1) is 0 Å². The molecule has 0 fully saturated rings. The number of benzene rings is 19. The van der Waals surface area contributed by atoms with Crippen molar-refractivity contribution in [3.63, 3.8) is 0 Å². The van der Waals surface area contributed by atoms with Crippen LogP contribution in [0.25, 0.3) is 166 Å². The van der Waals surface area contributed by atoms with E-state index in [0.29, 0.717) is 11.4 Å². The van der Waals surface area contributed by atoms with E-state index in [4.69, 9.17) is 26.0 Å². The van der Waals surface area contributed by atoms with Crippen molar-refractivity contribution in [3.8, 4) is 94.7 Å². The van der Waals surface area contributed by atoms with E-state index in [1.807, 2.05) is 24.3 Å². The van der Waals surface area contributed by atoms with Crippen molar-refractivity contribution in [3.05, 3.63) is 517 Å². The van der Waals surface area contributed by atoms with Crippen molar-refractivity contribution >= 4 is 107 Å². The van der Waals surface area contributed by atoms with Crippen LogP contribution in [0.4, 0.5) is 11.4 Å². The van der Waals surface area contributed by atoms with Crippen LogP contribution in [0.2, 0.25) is 0 Å². The second-order valence-corrected chi connectivity index (χ2v) is 34.3. The van der Waals surface area contributed by atoms with Gasteiger partial charge in [0.25, 0.3) is 0 Å². The van der Waals surface area contributed by atoms with Crippen molar-refractivity contribution < 1.29 is 8.83 Å². The third-order valence-corrected chi connectivity index (χ3v) is 27.6. The number of furan rings is 2.